The molecule has 1 unspecified atom stereocenters. The van der Waals surface area contributed by atoms with Crippen LogP contribution in [-0.2, 0) is 4.74 Å². The fraction of sp³-hybridized carbons (Fsp3) is 0.600. The number of hydrogen-bond donors (Lipinski definition) is 2. The Kier molecular flexibility index (Phi) is 6.68. The van der Waals surface area contributed by atoms with E-state index in [1.54, 1.807) is 25.2 Å². The van der Waals surface area contributed by atoms with Gasteiger partial charge in [0.2, 0.25) is 0 Å². The highest BCUT2D eigenvalue weighted by Crippen LogP contribution is 2.18. The molecule has 0 radical (unpaired) electrons. The van der Waals surface area contributed by atoms with Crippen LogP contribution >= 0.6 is 0 Å². The van der Waals surface area contributed by atoms with Gasteiger partial charge in [-0.15, -0.1) is 0 Å². The van der Waals surface area contributed by atoms with Gasteiger partial charge >= 0.3 is 6.03 Å². The number of nitrogens with one attached hydrogen (secondary N) is 2. The van der Waals surface area contributed by atoms with Gasteiger partial charge in [0.05, 0.1) is 6.10 Å². The molecule has 0 saturated carbocycles. The first-order chi connectivity index (χ1) is 13.1. The van der Waals surface area contributed by atoms with E-state index in [0.29, 0.717) is 25.3 Å². The Morgan fingerprint density at radius 1 is 1.19 bits per heavy atom. The van der Waals surface area contributed by atoms with Gasteiger partial charge in [0.15, 0.2) is 0 Å². The third-order valence-corrected chi connectivity index (χ3v) is 5.25. The van der Waals surface area contributed by atoms with Crippen molar-refractivity contribution < 1.29 is 14.3 Å². The van der Waals surface area contributed by atoms with Crippen LogP contribution < -0.4 is 10.6 Å². The number of carbonyl (C=O) groups excluding carboxylic acids is 2. The minimum Gasteiger partial charge on any atom is -0.375 e. The fourth-order valence-corrected chi connectivity index (χ4v) is 3.73. The van der Waals surface area contributed by atoms with Crippen molar-refractivity contribution >= 4 is 17.6 Å². The summed E-state index contributed by atoms with van der Waals surface area (Å²) in [6, 6.07) is 5.19. The third kappa shape index (κ3) is 5.20. The third-order valence-electron chi connectivity index (χ3n) is 5.25. The van der Waals surface area contributed by atoms with Crippen molar-refractivity contribution in [3.05, 3.63) is 29.3 Å². The van der Waals surface area contributed by atoms with Crippen LogP contribution in [0, 0.1) is 6.92 Å². The van der Waals surface area contributed by atoms with Gasteiger partial charge in [-0.05, 0) is 63.0 Å². The zero-order valence-electron chi connectivity index (χ0n) is 16.3. The summed E-state index contributed by atoms with van der Waals surface area (Å²) < 4.78 is 5.97. The Morgan fingerprint density at radius 2 is 1.96 bits per heavy atom. The first kappa shape index (κ1) is 19.6. The number of anilines is 1. The number of likely N-dealkylation sites (tertiary alicyclic amines) is 1. The molecule has 7 nitrogen and oxygen atoms in total. The number of benzene rings is 1. The van der Waals surface area contributed by atoms with Crippen molar-refractivity contribution in [3.63, 3.8) is 0 Å². The Hall–Kier alpha value is -2.12. The lowest BCUT2D eigenvalue weighted by atomic mass is 10.1. The minimum atomic E-state index is -0.134. The van der Waals surface area contributed by atoms with Gasteiger partial charge in [-0.3, -0.25) is 4.79 Å². The topological polar surface area (TPSA) is 73.9 Å². The number of nitrogens with zero attached hydrogens (tertiary/aromatic N) is 2. The van der Waals surface area contributed by atoms with Crippen molar-refractivity contribution in [3.8, 4) is 0 Å². The van der Waals surface area contributed by atoms with E-state index in [4.69, 9.17) is 4.74 Å². The van der Waals surface area contributed by atoms with Crippen LogP contribution in [0.2, 0.25) is 0 Å². The summed E-state index contributed by atoms with van der Waals surface area (Å²) in [5, 5.41) is 5.60. The van der Waals surface area contributed by atoms with E-state index in [0.717, 1.165) is 37.3 Å². The molecule has 2 N–H and O–H groups in total. The summed E-state index contributed by atoms with van der Waals surface area (Å²) in [6.07, 6.45) is 3.41. The van der Waals surface area contributed by atoms with E-state index in [9.17, 15) is 9.59 Å². The lowest BCUT2D eigenvalue weighted by molar-refractivity contribution is 0.0355. The second kappa shape index (κ2) is 9.19. The number of carbonyl (C=O) groups is 2. The molecule has 0 aliphatic carbocycles. The maximum absolute atomic E-state index is 12.8. The average Bonchev–Trinajstić information content (AvgIpc) is 3.06. The molecule has 2 saturated heterocycles. The van der Waals surface area contributed by atoms with Gasteiger partial charge < -0.3 is 25.2 Å². The van der Waals surface area contributed by atoms with Crippen molar-refractivity contribution in [2.45, 2.75) is 32.3 Å². The molecule has 2 aliphatic rings. The van der Waals surface area contributed by atoms with Crippen LogP contribution in [0.5, 0.6) is 0 Å². The van der Waals surface area contributed by atoms with Crippen LogP contribution in [0.1, 0.15) is 35.2 Å². The highest BCUT2D eigenvalue weighted by atomic mass is 16.5. The molecule has 7 heteroatoms. The fourth-order valence-electron chi connectivity index (χ4n) is 3.73. The molecule has 2 fully saturated rings. The zero-order chi connectivity index (χ0) is 19.2. The first-order valence-electron chi connectivity index (χ1n) is 9.79. The molecule has 1 aromatic carbocycles. The van der Waals surface area contributed by atoms with Crippen LogP contribution in [0.3, 0.4) is 0 Å². The van der Waals surface area contributed by atoms with Gasteiger partial charge in [0, 0.05) is 44.5 Å². The van der Waals surface area contributed by atoms with Gasteiger partial charge in [-0.1, -0.05) is 0 Å². The molecule has 0 aromatic heterocycles. The van der Waals surface area contributed by atoms with Gasteiger partial charge in [-0.2, -0.15) is 0 Å². The zero-order valence-corrected chi connectivity index (χ0v) is 16.3. The van der Waals surface area contributed by atoms with Crippen molar-refractivity contribution in [1.82, 2.24) is 15.1 Å². The van der Waals surface area contributed by atoms with E-state index in [1.165, 1.54) is 12.8 Å². The number of amides is 3. The predicted octanol–water partition coefficient (Wildman–Crippen LogP) is 2.07. The molecule has 1 aromatic rings. The number of rotatable bonds is 4. The van der Waals surface area contributed by atoms with Crippen LogP contribution in [-0.4, -0.2) is 74.2 Å². The molecule has 0 bridgehead atoms. The number of hydrogen-bond acceptors (Lipinski definition) is 4. The largest absolute Gasteiger partial charge is 0.375 e. The molecule has 1 atom stereocenters. The number of ether oxygens (including phenoxy) is 1. The molecule has 2 heterocycles. The van der Waals surface area contributed by atoms with E-state index in [2.05, 4.69) is 15.5 Å². The number of aryl methyl sites for hydroxylation is 1. The predicted molar refractivity (Wildman–Crippen MR) is 105 cm³/mol. The van der Waals surface area contributed by atoms with Crippen LogP contribution in [0.15, 0.2) is 18.2 Å². The Morgan fingerprint density at radius 3 is 2.67 bits per heavy atom. The molecule has 0 spiro atoms. The molecule has 3 amide bonds. The summed E-state index contributed by atoms with van der Waals surface area (Å²) in [5.74, 6) is -0.134. The van der Waals surface area contributed by atoms with Gasteiger partial charge in [0.25, 0.3) is 5.91 Å². The molecule has 148 valence electrons. The standard InChI is InChI=1S/C20H30N4O3/c1-15-12-16(19(25)21-2)6-7-18(15)22-20(26)24-10-5-11-27-17(14-24)13-23-8-3-4-9-23/h6-7,12,17H,3-5,8-11,13-14H2,1-2H3,(H,21,25)(H,22,26). The van der Waals surface area contributed by atoms with Crippen molar-refractivity contribution in [2.75, 3.05) is 51.7 Å². The second-order valence-corrected chi connectivity index (χ2v) is 7.34. The molecule has 2 aliphatic heterocycles. The summed E-state index contributed by atoms with van der Waals surface area (Å²) >= 11 is 0. The van der Waals surface area contributed by atoms with E-state index in [1.807, 2.05) is 11.8 Å². The van der Waals surface area contributed by atoms with Crippen LogP contribution in [0.4, 0.5) is 10.5 Å². The van der Waals surface area contributed by atoms with Gasteiger partial charge in [0.1, 0.15) is 0 Å². The van der Waals surface area contributed by atoms with Gasteiger partial charge in [-0.25, -0.2) is 4.79 Å². The van der Waals surface area contributed by atoms with E-state index >= 15 is 0 Å². The summed E-state index contributed by atoms with van der Waals surface area (Å²) in [7, 11) is 1.60. The Bertz CT molecular complexity index is 673. The minimum absolute atomic E-state index is 0.0630. The SMILES string of the molecule is CNC(=O)c1ccc(NC(=O)N2CCCOC(CN3CCCC3)C2)c(C)c1. The first-order valence-corrected chi connectivity index (χ1v) is 9.79. The molecular formula is C20H30N4O3. The summed E-state index contributed by atoms with van der Waals surface area (Å²) in [6.45, 7) is 7.04. The Labute approximate surface area is 161 Å². The van der Waals surface area contributed by atoms with Crippen molar-refractivity contribution in [2.24, 2.45) is 0 Å². The summed E-state index contributed by atoms with van der Waals surface area (Å²) in [4.78, 5) is 28.8. The lowest BCUT2D eigenvalue weighted by Crippen LogP contribution is -2.43. The smallest absolute Gasteiger partial charge is 0.321 e. The maximum Gasteiger partial charge on any atom is 0.321 e. The quantitative estimate of drug-likeness (QED) is 0.846. The molecular weight excluding hydrogens is 344 g/mol. The second-order valence-electron chi connectivity index (χ2n) is 7.34. The van der Waals surface area contributed by atoms with E-state index < -0.39 is 0 Å². The van der Waals surface area contributed by atoms with Crippen LogP contribution in [0.25, 0.3) is 0 Å². The highest BCUT2D eigenvalue weighted by molar-refractivity contribution is 5.96. The number of urea groups is 1. The summed E-state index contributed by atoms with van der Waals surface area (Å²) in [5.41, 5.74) is 2.18. The molecule has 27 heavy (non-hydrogen) atoms. The van der Waals surface area contributed by atoms with Crippen molar-refractivity contribution in [1.29, 1.82) is 0 Å². The highest BCUT2D eigenvalue weighted by Gasteiger charge is 2.25. The maximum atomic E-state index is 12.8. The van der Waals surface area contributed by atoms with E-state index in [-0.39, 0.29) is 18.0 Å². The average molecular weight is 374 g/mol. The Balaban J connectivity index is 1.61. The monoisotopic (exact) mass is 374 g/mol. The lowest BCUT2D eigenvalue weighted by Gasteiger charge is -2.27. The normalized spacial score (nSPS) is 21.0. The molecule has 3 rings (SSSR count).